The number of benzene rings is 1. The molecule has 1 saturated heterocycles. The lowest BCUT2D eigenvalue weighted by molar-refractivity contribution is -0.128. The van der Waals surface area contributed by atoms with Gasteiger partial charge in [-0.1, -0.05) is 36.4 Å². The third kappa shape index (κ3) is 5.11. The second-order valence-corrected chi connectivity index (χ2v) is 6.13. The van der Waals surface area contributed by atoms with Crippen molar-refractivity contribution in [1.82, 2.24) is 15.1 Å². The predicted octanol–water partition coefficient (Wildman–Crippen LogP) is 2.96. The Hall–Kier alpha value is -2.30. The molecule has 1 N–H and O–H groups in total. The number of carbonyl (C=O) groups is 2. The van der Waals surface area contributed by atoms with Crippen molar-refractivity contribution in [2.24, 2.45) is 0 Å². The zero-order valence-electron chi connectivity index (χ0n) is 14.4. The molecule has 1 aromatic rings. The van der Waals surface area contributed by atoms with Crippen molar-refractivity contribution in [3.8, 4) is 0 Å². The van der Waals surface area contributed by atoms with Crippen molar-refractivity contribution in [3.05, 3.63) is 48.6 Å². The molecule has 2 rings (SSSR count). The van der Waals surface area contributed by atoms with Gasteiger partial charge in [0.05, 0.1) is 6.04 Å². The molecule has 24 heavy (non-hydrogen) atoms. The van der Waals surface area contributed by atoms with Gasteiger partial charge in [0, 0.05) is 33.1 Å². The van der Waals surface area contributed by atoms with Gasteiger partial charge in [0.2, 0.25) is 5.91 Å². The van der Waals surface area contributed by atoms with E-state index in [4.69, 9.17) is 0 Å². The van der Waals surface area contributed by atoms with Crippen LogP contribution in [0.2, 0.25) is 0 Å². The summed E-state index contributed by atoms with van der Waals surface area (Å²) in [6.45, 7) is 7.93. The van der Waals surface area contributed by atoms with Gasteiger partial charge >= 0.3 is 6.03 Å². The number of urea groups is 1. The van der Waals surface area contributed by atoms with E-state index in [0.717, 1.165) is 31.4 Å². The summed E-state index contributed by atoms with van der Waals surface area (Å²) in [4.78, 5) is 27.8. The highest BCUT2D eigenvalue weighted by atomic mass is 16.2. The van der Waals surface area contributed by atoms with Gasteiger partial charge in [-0.15, -0.1) is 6.58 Å². The molecule has 5 nitrogen and oxygen atoms in total. The van der Waals surface area contributed by atoms with E-state index in [9.17, 15) is 9.59 Å². The fourth-order valence-electron chi connectivity index (χ4n) is 2.97. The molecule has 1 aromatic carbocycles. The summed E-state index contributed by atoms with van der Waals surface area (Å²) in [6.07, 6.45) is 4.36. The van der Waals surface area contributed by atoms with Crippen molar-refractivity contribution in [2.75, 3.05) is 26.2 Å². The summed E-state index contributed by atoms with van der Waals surface area (Å²) in [5, 5.41) is 3.15. The van der Waals surface area contributed by atoms with Crippen LogP contribution in [0.3, 0.4) is 0 Å². The molecule has 0 bridgehead atoms. The predicted molar refractivity (Wildman–Crippen MR) is 95.6 cm³/mol. The van der Waals surface area contributed by atoms with E-state index >= 15 is 0 Å². The van der Waals surface area contributed by atoms with Crippen LogP contribution in [0.1, 0.15) is 37.8 Å². The van der Waals surface area contributed by atoms with Gasteiger partial charge in [-0.25, -0.2) is 4.79 Å². The fourth-order valence-corrected chi connectivity index (χ4v) is 2.97. The monoisotopic (exact) mass is 329 g/mol. The van der Waals surface area contributed by atoms with E-state index in [0.29, 0.717) is 19.6 Å². The first-order chi connectivity index (χ1) is 11.6. The molecule has 130 valence electrons. The Kier molecular flexibility index (Phi) is 6.85. The lowest BCUT2D eigenvalue weighted by Crippen LogP contribution is -2.43. The first-order valence-electron chi connectivity index (χ1n) is 8.58. The Morgan fingerprint density at radius 3 is 2.50 bits per heavy atom. The quantitative estimate of drug-likeness (QED) is 0.845. The Bertz CT molecular complexity index is 559. The molecule has 1 aliphatic rings. The SMILES string of the molecule is C=CCCC(NC(=O)N1CCCN(C(C)=O)CC1)c1ccccc1. The summed E-state index contributed by atoms with van der Waals surface area (Å²) < 4.78 is 0. The molecule has 1 atom stereocenters. The molecule has 0 aliphatic carbocycles. The van der Waals surface area contributed by atoms with E-state index in [-0.39, 0.29) is 18.0 Å². The van der Waals surface area contributed by atoms with Crippen molar-refractivity contribution < 1.29 is 9.59 Å². The van der Waals surface area contributed by atoms with Gasteiger partial charge in [0.1, 0.15) is 0 Å². The molecule has 0 saturated carbocycles. The molecular formula is C19H27N3O2. The highest BCUT2D eigenvalue weighted by molar-refractivity contribution is 5.75. The normalized spacial score (nSPS) is 16.2. The summed E-state index contributed by atoms with van der Waals surface area (Å²) in [5.74, 6) is 0.0744. The highest BCUT2D eigenvalue weighted by Gasteiger charge is 2.22. The van der Waals surface area contributed by atoms with Gasteiger partial charge in [-0.3, -0.25) is 4.79 Å². The number of hydrogen-bond donors (Lipinski definition) is 1. The summed E-state index contributed by atoms with van der Waals surface area (Å²) in [7, 11) is 0. The van der Waals surface area contributed by atoms with Crippen LogP contribution in [0.15, 0.2) is 43.0 Å². The standard InChI is InChI=1S/C19H27N3O2/c1-3-4-11-18(17-9-6-5-7-10-17)20-19(24)22-13-8-12-21(14-15-22)16(2)23/h3,5-7,9-10,18H,1,4,8,11-15H2,2H3,(H,20,24). The minimum absolute atomic E-state index is 0.0242. The maximum absolute atomic E-state index is 12.7. The second-order valence-electron chi connectivity index (χ2n) is 6.13. The third-order valence-electron chi connectivity index (χ3n) is 4.39. The lowest BCUT2D eigenvalue weighted by Gasteiger charge is -2.26. The largest absolute Gasteiger partial charge is 0.341 e. The molecular weight excluding hydrogens is 302 g/mol. The average Bonchev–Trinajstić information content (AvgIpc) is 2.85. The van der Waals surface area contributed by atoms with Crippen LogP contribution >= 0.6 is 0 Å². The van der Waals surface area contributed by atoms with E-state index in [1.54, 1.807) is 11.8 Å². The van der Waals surface area contributed by atoms with E-state index < -0.39 is 0 Å². The molecule has 0 radical (unpaired) electrons. The number of hydrogen-bond acceptors (Lipinski definition) is 2. The van der Waals surface area contributed by atoms with E-state index in [1.165, 1.54) is 0 Å². The zero-order chi connectivity index (χ0) is 17.4. The van der Waals surface area contributed by atoms with Gasteiger partial charge in [0.25, 0.3) is 0 Å². The van der Waals surface area contributed by atoms with Crippen LogP contribution in [-0.4, -0.2) is 47.9 Å². The van der Waals surface area contributed by atoms with Crippen LogP contribution in [0.25, 0.3) is 0 Å². The van der Waals surface area contributed by atoms with E-state index in [1.807, 2.05) is 41.3 Å². The van der Waals surface area contributed by atoms with Crippen LogP contribution in [0.4, 0.5) is 4.79 Å². The van der Waals surface area contributed by atoms with Crippen LogP contribution in [-0.2, 0) is 4.79 Å². The Morgan fingerprint density at radius 1 is 1.17 bits per heavy atom. The topological polar surface area (TPSA) is 52.7 Å². The first-order valence-corrected chi connectivity index (χ1v) is 8.58. The van der Waals surface area contributed by atoms with Gasteiger partial charge in [0.15, 0.2) is 0 Å². The van der Waals surface area contributed by atoms with E-state index in [2.05, 4.69) is 11.9 Å². The van der Waals surface area contributed by atoms with Crippen molar-refractivity contribution in [1.29, 1.82) is 0 Å². The molecule has 0 spiro atoms. The molecule has 5 heteroatoms. The number of allylic oxidation sites excluding steroid dienone is 1. The van der Waals surface area contributed by atoms with Gasteiger partial charge in [-0.2, -0.15) is 0 Å². The van der Waals surface area contributed by atoms with Crippen LogP contribution in [0, 0.1) is 0 Å². The number of amides is 3. The third-order valence-corrected chi connectivity index (χ3v) is 4.39. The fraction of sp³-hybridized carbons (Fsp3) is 0.474. The minimum atomic E-state index is -0.0571. The van der Waals surface area contributed by atoms with Gasteiger partial charge in [-0.05, 0) is 24.8 Å². The van der Waals surface area contributed by atoms with Crippen LogP contribution in [0.5, 0.6) is 0 Å². The summed E-state index contributed by atoms with van der Waals surface area (Å²) in [5.41, 5.74) is 1.10. The Labute approximate surface area is 144 Å². The van der Waals surface area contributed by atoms with Crippen molar-refractivity contribution >= 4 is 11.9 Å². The molecule has 1 unspecified atom stereocenters. The molecule has 1 fully saturated rings. The maximum atomic E-state index is 12.7. The Balaban J connectivity index is 1.99. The zero-order valence-corrected chi connectivity index (χ0v) is 14.4. The number of carbonyl (C=O) groups excluding carboxylic acids is 2. The first kappa shape index (κ1) is 18.0. The molecule has 1 aliphatic heterocycles. The smallest absolute Gasteiger partial charge is 0.317 e. The minimum Gasteiger partial charge on any atom is -0.341 e. The van der Waals surface area contributed by atoms with Crippen LogP contribution < -0.4 is 5.32 Å². The lowest BCUT2D eigenvalue weighted by atomic mass is 10.0. The molecule has 0 aromatic heterocycles. The summed E-state index contributed by atoms with van der Waals surface area (Å²) >= 11 is 0. The van der Waals surface area contributed by atoms with Gasteiger partial charge < -0.3 is 15.1 Å². The number of nitrogens with zero attached hydrogens (tertiary/aromatic N) is 2. The molecule has 3 amide bonds. The average molecular weight is 329 g/mol. The van der Waals surface area contributed by atoms with Crippen molar-refractivity contribution in [2.45, 2.75) is 32.2 Å². The highest BCUT2D eigenvalue weighted by Crippen LogP contribution is 2.19. The summed E-state index contributed by atoms with van der Waals surface area (Å²) in [6, 6.07) is 9.93. The van der Waals surface area contributed by atoms with Crippen molar-refractivity contribution in [3.63, 3.8) is 0 Å². The second kappa shape index (κ2) is 9.11. The number of nitrogens with one attached hydrogen (secondary N) is 1. The number of rotatable bonds is 5. The molecule has 1 heterocycles. The maximum Gasteiger partial charge on any atom is 0.317 e. The Morgan fingerprint density at radius 2 is 1.83 bits per heavy atom.